The Bertz CT molecular complexity index is 667. The summed E-state index contributed by atoms with van der Waals surface area (Å²) in [6.07, 6.45) is 7.33. The van der Waals surface area contributed by atoms with Crippen LogP contribution in [0.15, 0.2) is 12.2 Å². The molecule has 144 valence electrons. The van der Waals surface area contributed by atoms with Crippen LogP contribution in [0.5, 0.6) is 0 Å². The fourth-order valence-corrected chi connectivity index (χ4v) is 3.21. The van der Waals surface area contributed by atoms with E-state index in [1.54, 1.807) is 11.6 Å². The summed E-state index contributed by atoms with van der Waals surface area (Å²) >= 11 is 0. The maximum Gasteiger partial charge on any atom is 0.355 e. The molecule has 0 unspecified atom stereocenters. The van der Waals surface area contributed by atoms with Crippen LogP contribution in [0.4, 0.5) is 0 Å². The van der Waals surface area contributed by atoms with E-state index in [1.165, 1.54) is 0 Å². The first-order valence-corrected chi connectivity index (χ1v) is 9.23. The van der Waals surface area contributed by atoms with Gasteiger partial charge in [0.1, 0.15) is 22.6 Å². The zero-order valence-corrected chi connectivity index (χ0v) is 17.1. The Hall–Kier alpha value is -2.04. The Kier molecular flexibility index (Phi) is 5.69. The predicted molar refractivity (Wildman–Crippen MR) is 102 cm³/mol. The van der Waals surface area contributed by atoms with E-state index in [-0.39, 0.29) is 0 Å². The third-order valence-electron chi connectivity index (χ3n) is 4.08. The van der Waals surface area contributed by atoms with Crippen molar-refractivity contribution in [3.63, 3.8) is 0 Å². The second kappa shape index (κ2) is 7.29. The van der Waals surface area contributed by atoms with E-state index in [0.29, 0.717) is 24.2 Å². The van der Waals surface area contributed by atoms with Crippen LogP contribution < -0.4 is 0 Å². The average molecular weight is 361 g/mol. The molecule has 0 spiro atoms. The molecule has 26 heavy (non-hydrogen) atoms. The topological polar surface area (TPSA) is 57.5 Å². The number of hydrogen-bond donors (Lipinski definition) is 0. The summed E-state index contributed by atoms with van der Waals surface area (Å²) < 4.78 is 12.9. The summed E-state index contributed by atoms with van der Waals surface area (Å²) in [6.45, 7) is 11.1. The summed E-state index contributed by atoms with van der Waals surface area (Å²) in [5.41, 5.74) is 1.56. The van der Waals surface area contributed by atoms with Gasteiger partial charge in [-0.2, -0.15) is 0 Å². The van der Waals surface area contributed by atoms with Gasteiger partial charge >= 0.3 is 11.9 Å². The Morgan fingerprint density at radius 2 is 1.15 bits per heavy atom. The Morgan fingerprint density at radius 1 is 0.808 bits per heavy atom. The number of allylic oxidation sites excluding steroid dienone is 2. The van der Waals surface area contributed by atoms with Crippen LogP contribution in [0.1, 0.15) is 86.5 Å². The fourth-order valence-electron chi connectivity index (χ4n) is 3.21. The smallest absolute Gasteiger partial charge is 0.355 e. The molecule has 0 saturated heterocycles. The molecule has 0 atom stereocenters. The van der Waals surface area contributed by atoms with Crippen molar-refractivity contribution in [1.29, 1.82) is 0 Å². The normalized spacial score (nSPS) is 16.3. The lowest BCUT2D eigenvalue weighted by molar-refractivity contribution is 0.00524. The Morgan fingerprint density at radius 3 is 1.46 bits per heavy atom. The van der Waals surface area contributed by atoms with Gasteiger partial charge in [-0.3, -0.25) is 0 Å². The van der Waals surface area contributed by atoms with Crippen LogP contribution in [0.25, 0.3) is 0 Å². The van der Waals surface area contributed by atoms with Gasteiger partial charge in [-0.15, -0.1) is 0 Å². The number of ether oxygens (including phenoxy) is 2. The highest BCUT2D eigenvalue weighted by molar-refractivity contribution is 5.97. The summed E-state index contributed by atoms with van der Waals surface area (Å²) in [5.74, 6) is -0.786. The molecule has 1 aliphatic carbocycles. The molecule has 0 N–H and O–H groups in total. The minimum absolute atomic E-state index is 0.393. The molecule has 1 aromatic heterocycles. The quantitative estimate of drug-likeness (QED) is 0.580. The van der Waals surface area contributed by atoms with Gasteiger partial charge in [-0.25, -0.2) is 9.59 Å². The van der Waals surface area contributed by atoms with Gasteiger partial charge in [-0.05, 0) is 78.4 Å². The minimum atomic E-state index is -0.595. The van der Waals surface area contributed by atoms with Crippen molar-refractivity contribution in [3.05, 3.63) is 34.7 Å². The zero-order valence-electron chi connectivity index (χ0n) is 17.1. The van der Waals surface area contributed by atoms with E-state index >= 15 is 0 Å². The number of aromatic nitrogens is 1. The van der Waals surface area contributed by atoms with Gasteiger partial charge in [-0.1, -0.05) is 12.2 Å². The van der Waals surface area contributed by atoms with E-state index in [0.717, 1.165) is 24.0 Å². The van der Waals surface area contributed by atoms with Crippen LogP contribution in [0.2, 0.25) is 0 Å². The van der Waals surface area contributed by atoms with Gasteiger partial charge in [0.2, 0.25) is 0 Å². The average Bonchev–Trinajstić information content (AvgIpc) is 2.66. The van der Waals surface area contributed by atoms with Crippen LogP contribution in [0, 0.1) is 0 Å². The Labute approximate surface area is 156 Å². The van der Waals surface area contributed by atoms with Crippen molar-refractivity contribution < 1.29 is 19.1 Å². The molecule has 0 aliphatic heterocycles. The number of rotatable bonds is 2. The number of carbonyl (C=O) groups is 2. The highest BCUT2D eigenvalue weighted by Gasteiger charge is 2.33. The number of esters is 2. The molecule has 1 heterocycles. The molecule has 5 nitrogen and oxygen atoms in total. The van der Waals surface area contributed by atoms with E-state index in [4.69, 9.17) is 9.47 Å². The summed E-state index contributed by atoms with van der Waals surface area (Å²) in [7, 11) is 1.75. The van der Waals surface area contributed by atoms with Crippen molar-refractivity contribution in [2.45, 2.75) is 78.4 Å². The van der Waals surface area contributed by atoms with E-state index in [2.05, 4.69) is 12.2 Å². The van der Waals surface area contributed by atoms with Gasteiger partial charge in [0.15, 0.2) is 0 Å². The molecule has 5 heteroatoms. The van der Waals surface area contributed by atoms with Crippen molar-refractivity contribution in [2.24, 2.45) is 7.05 Å². The molecule has 2 rings (SSSR count). The molecule has 0 aromatic carbocycles. The minimum Gasteiger partial charge on any atom is -0.455 e. The zero-order chi connectivity index (χ0) is 19.7. The van der Waals surface area contributed by atoms with E-state index < -0.39 is 23.1 Å². The highest BCUT2D eigenvalue weighted by Crippen LogP contribution is 2.30. The first-order valence-electron chi connectivity index (χ1n) is 9.23. The second-order valence-electron chi connectivity index (χ2n) is 8.77. The number of hydrogen-bond acceptors (Lipinski definition) is 4. The van der Waals surface area contributed by atoms with E-state index in [9.17, 15) is 9.59 Å². The lowest BCUT2D eigenvalue weighted by Crippen LogP contribution is -2.27. The van der Waals surface area contributed by atoms with Gasteiger partial charge in [0.25, 0.3) is 0 Å². The number of carbonyl (C=O) groups excluding carboxylic acids is 2. The molecule has 0 fully saturated rings. The predicted octanol–water partition coefficient (Wildman–Crippen LogP) is 4.37. The van der Waals surface area contributed by atoms with Gasteiger partial charge in [0, 0.05) is 7.05 Å². The molecular formula is C21H31NO4. The molecular weight excluding hydrogens is 330 g/mol. The first-order chi connectivity index (χ1) is 11.9. The third kappa shape index (κ3) is 4.77. The largest absolute Gasteiger partial charge is 0.455 e. The maximum atomic E-state index is 12.9. The summed E-state index contributed by atoms with van der Waals surface area (Å²) in [5, 5.41) is 0. The standard InChI is InChI=1S/C21H31NO4/c1-20(2,3)25-18(23)16-14-12-10-8-9-11-13-15(14)17(22(16)7)19(24)26-21(4,5)6/h8-9H,10-13H2,1-7H3/b9-8-. The van der Waals surface area contributed by atoms with Crippen molar-refractivity contribution in [1.82, 2.24) is 4.57 Å². The van der Waals surface area contributed by atoms with Crippen LogP contribution in [-0.4, -0.2) is 27.7 Å². The van der Waals surface area contributed by atoms with Crippen LogP contribution in [-0.2, 0) is 29.4 Å². The SMILES string of the molecule is Cn1c(C(=O)OC(C)(C)C)c2c(c1C(=O)OC(C)(C)C)CC/C=C\CC2. The number of nitrogens with zero attached hydrogens (tertiary/aromatic N) is 1. The second-order valence-corrected chi connectivity index (χ2v) is 8.77. The monoisotopic (exact) mass is 361 g/mol. The molecule has 0 saturated carbocycles. The van der Waals surface area contributed by atoms with Crippen molar-refractivity contribution in [3.8, 4) is 0 Å². The van der Waals surface area contributed by atoms with Crippen LogP contribution in [0.3, 0.4) is 0 Å². The Balaban J connectivity index is 2.57. The molecule has 1 aliphatic rings. The van der Waals surface area contributed by atoms with Crippen molar-refractivity contribution in [2.75, 3.05) is 0 Å². The lowest BCUT2D eigenvalue weighted by Gasteiger charge is -2.21. The number of fused-ring (bicyclic) bond motifs is 1. The maximum absolute atomic E-state index is 12.9. The van der Waals surface area contributed by atoms with Crippen LogP contribution >= 0.6 is 0 Å². The summed E-state index contributed by atoms with van der Waals surface area (Å²) in [6, 6.07) is 0. The molecule has 0 amide bonds. The first kappa shape index (κ1) is 20.3. The summed E-state index contributed by atoms with van der Waals surface area (Å²) in [4.78, 5) is 25.7. The highest BCUT2D eigenvalue weighted by atomic mass is 16.6. The van der Waals surface area contributed by atoms with Crippen molar-refractivity contribution >= 4 is 11.9 Å². The molecule has 0 bridgehead atoms. The van der Waals surface area contributed by atoms with E-state index in [1.807, 2.05) is 41.5 Å². The lowest BCUT2D eigenvalue weighted by atomic mass is 9.96. The van der Waals surface area contributed by atoms with Gasteiger partial charge < -0.3 is 14.0 Å². The third-order valence-corrected chi connectivity index (χ3v) is 4.08. The molecule has 1 aromatic rings. The fraction of sp³-hybridized carbons (Fsp3) is 0.619. The van der Waals surface area contributed by atoms with Gasteiger partial charge in [0.05, 0.1) is 0 Å². The molecule has 0 radical (unpaired) electrons.